The molecule has 0 aliphatic rings. The number of aromatic nitrogens is 1. The molecule has 0 unspecified atom stereocenters. The lowest BCUT2D eigenvalue weighted by Crippen LogP contribution is -2.04. The second kappa shape index (κ2) is 5.89. The van der Waals surface area contributed by atoms with Gasteiger partial charge in [-0.2, -0.15) is 0 Å². The normalized spacial score (nSPS) is 10.8. The largest absolute Gasteiger partial charge is 0.456 e. The van der Waals surface area contributed by atoms with Crippen molar-refractivity contribution in [2.45, 2.75) is 6.42 Å². The van der Waals surface area contributed by atoms with Gasteiger partial charge in [0, 0.05) is 11.6 Å². The topological polar surface area (TPSA) is 48.1 Å². The smallest absolute Gasteiger partial charge is 0.136 e. The lowest BCUT2D eigenvalue weighted by Gasteiger charge is -2.12. The van der Waals surface area contributed by atoms with E-state index in [-0.39, 0.29) is 5.82 Å². The first-order chi connectivity index (χ1) is 10.3. The molecule has 4 heteroatoms. The highest BCUT2D eigenvalue weighted by Gasteiger charge is 2.08. The first kappa shape index (κ1) is 13.5. The van der Waals surface area contributed by atoms with Gasteiger partial charge in [-0.15, -0.1) is 0 Å². The third-order valence-electron chi connectivity index (χ3n) is 3.26. The highest BCUT2D eigenvalue weighted by molar-refractivity contribution is 5.85. The predicted molar refractivity (Wildman–Crippen MR) is 81.0 cm³/mol. The van der Waals surface area contributed by atoms with Crippen LogP contribution in [0.5, 0.6) is 11.5 Å². The summed E-state index contributed by atoms with van der Waals surface area (Å²) in [4.78, 5) is 4.30. The van der Waals surface area contributed by atoms with Crippen LogP contribution in [0, 0.1) is 5.82 Å². The zero-order valence-electron chi connectivity index (χ0n) is 11.4. The molecule has 21 heavy (non-hydrogen) atoms. The number of pyridine rings is 1. The Labute approximate surface area is 122 Å². The van der Waals surface area contributed by atoms with Crippen LogP contribution >= 0.6 is 0 Å². The van der Waals surface area contributed by atoms with Crippen molar-refractivity contribution in [1.82, 2.24) is 4.98 Å². The number of hydrogen-bond donors (Lipinski definition) is 1. The summed E-state index contributed by atoms with van der Waals surface area (Å²) in [5.74, 6) is 1.04. The molecule has 0 aliphatic heterocycles. The van der Waals surface area contributed by atoms with E-state index in [0.717, 1.165) is 16.5 Å². The first-order valence-corrected chi connectivity index (χ1v) is 6.78. The monoisotopic (exact) mass is 282 g/mol. The lowest BCUT2D eigenvalue weighted by atomic mass is 10.1. The van der Waals surface area contributed by atoms with Crippen molar-refractivity contribution in [1.29, 1.82) is 0 Å². The number of halogens is 1. The van der Waals surface area contributed by atoms with E-state index in [2.05, 4.69) is 4.98 Å². The van der Waals surface area contributed by atoms with E-state index in [4.69, 9.17) is 10.5 Å². The maximum absolute atomic E-state index is 13.4. The summed E-state index contributed by atoms with van der Waals surface area (Å²) in [7, 11) is 0. The van der Waals surface area contributed by atoms with Crippen LogP contribution in [0.4, 0.5) is 4.39 Å². The summed E-state index contributed by atoms with van der Waals surface area (Å²) in [5.41, 5.74) is 7.20. The number of hydrogen-bond acceptors (Lipinski definition) is 3. The van der Waals surface area contributed by atoms with Crippen LogP contribution < -0.4 is 10.5 Å². The molecule has 2 aromatic carbocycles. The summed E-state index contributed by atoms with van der Waals surface area (Å²) in [5, 5.41) is 0.919. The van der Waals surface area contributed by atoms with Gasteiger partial charge in [-0.3, -0.25) is 4.98 Å². The molecule has 0 saturated heterocycles. The Hall–Kier alpha value is -2.46. The molecule has 0 radical (unpaired) electrons. The molecule has 0 saturated carbocycles. The molecule has 1 heterocycles. The zero-order valence-corrected chi connectivity index (χ0v) is 11.4. The van der Waals surface area contributed by atoms with E-state index in [1.807, 2.05) is 30.3 Å². The standard InChI is InChI=1S/C17H15FN2O/c18-13-6-7-16(12(11-13)8-9-19)21-17-5-1-4-15-14(17)3-2-10-20-15/h1-7,10-11H,8-9,19H2. The molecule has 0 bridgehead atoms. The van der Waals surface area contributed by atoms with Crippen LogP contribution in [0.2, 0.25) is 0 Å². The minimum atomic E-state index is -0.287. The maximum atomic E-state index is 13.4. The van der Waals surface area contributed by atoms with Gasteiger partial charge in [0.05, 0.1) is 5.52 Å². The summed E-state index contributed by atoms with van der Waals surface area (Å²) in [6.45, 7) is 0.441. The quantitative estimate of drug-likeness (QED) is 0.794. The molecule has 2 N–H and O–H groups in total. The molecule has 3 rings (SSSR count). The zero-order chi connectivity index (χ0) is 14.7. The van der Waals surface area contributed by atoms with Gasteiger partial charge in [0.25, 0.3) is 0 Å². The molecule has 0 spiro atoms. The van der Waals surface area contributed by atoms with Crippen molar-refractivity contribution in [3.8, 4) is 11.5 Å². The van der Waals surface area contributed by atoms with Crippen LogP contribution in [0.3, 0.4) is 0 Å². The predicted octanol–water partition coefficient (Wildman–Crippen LogP) is 3.67. The van der Waals surface area contributed by atoms with Crippen molar-refractivity contribution in [2.24, 2.45) is 5.73 Å². The Bertz CT molecular complexity index is 768. The fourth-order valence-corrected chi connectivity index (χ4v) is 2.28. The highest BCUT2D eigenvalue weighted by Crippen LogP contribution is 2.31. The average molecular weight is 282 g/mol. The number of rotatable bonds is 4. The first-order valence-electron chi connectivity index (χ1n) is 6.78. The van der Waals surface area contributed by atoms with E-state index < -0.39 is 0 Å². The third-order valence-corrected chi connectivity index (χ3v) is 3.26. The van der Waals surface area contributed by atoms with E-state index >= 15 is 0 Å². The van der Waals surface area contributed by atoms with Crippen LogP contribution in [-0.4, -0.2) is 11.5 Å². The van der Waals surface area contributed by atoms with Gasteiger partial charge in [-0.05, 0) is 61.0 Å². The van der Waals surface area contributed by atoms with E-state index in [1.165, 1.54) is 12.1 Å². The van der Waals surface area contributed by atoms with Gasteiger partial charge in [-0.1, -0.05) is 6.07 Å². The Morgan fingerprint density at radius 1 is 1.05 bits per heavy atom. The minimum Gasteiger partial charge on any atom is -0.456 e. The van der Waals surface area contributed by atoms with Gasteiger partial charge in [-0.25, -0.2) is 4.39 Å². The van der Waals surface area contributed by atoms with Gasteiger partial charge in [0.1, 0.15) is 17.3 Å². The van der Waals surface area contributed by atoms with Gasteiger partial charge < -0.3 is 10.5 Å². The van der Waals surface area contributed by atoms with E-state index in [0.29, 0.717) is 24.5 Å². The number of nitrogens with zero attached hydrogens (tertiary/aromatic N) is 1. The maximum Gasteiger partial charge on any atom is 0.136 e. The van der Waals surface area contributed by atoms with Crippen LogP contribution in [0.1, 0.15) is 5.56 Å². The fraction of sp³-hybridized carbons (Fsp3) is 0.118. The molecule has 0 aliphatic carbocycles. The molecule has 106 valence electrons. The van der Waals surface area contributed by atoms with Gasteiger partial charge in [0.2, 0.25) is 0 Å². The van der Waals surface area contributed by atoms with Crippen molar-refractivity contribution in [2.75, 3.05) is 6.54 Å². The number of benzene rings is 2. The summed E-state index contributed by atoms with van der Waals surface area (Å²) in [6, 6.07) is 14.0. The van der Waals surface area contributed by atoms with Gasteiger partial charge in [0.15, 0.2) is 0 Å². The van der Waals surface area contributed by atoms with Gasteiger partial charge >= 0.3 is 0 Å². The summed E-state index contributed by atoms with van der Waals surface area (Å²) in [6.07, 6.45) is 2.31. The Morgan fingerprint density at radius 3 is 2.81 bits per heavy atom. The Morgan fingerprint density at radius 2 is 1.95 bits per heavy atom. The Balaban J connectivity index is 2.02. The molecule has 0 atom stereocenters. The SMILES string of the molecule is NCCc1cc(F)ccc1Oc1cccc2ncccc12. The number of ether oxygens (including phenoxy) is 1. The van der Waals surface area contributed by atoms with Crippen molar-refractivity contribution >= 4 is 10.9 Å². The number of nitrogens with two attached hydrogens (primary N) is 1. The molecule has 0 fully saturated rings. The van der Waals surface area contributed by atoms with E-state index in [1.54, 1.807) is 12.3 Å². The lowest BCUT2D eigenvalue weighted by molar-refractivity contribution is 0.479. The van der Waals surface area contributed by atoms with Crippen molar-refractivity contribution in [3.63, 3.8) is 0 Å². The third kappa shape index (κ3) is 2.85. The second-order valence-corrected chi connectivity index (χ2v) is 4.72. The molecule has 3 aromatic rings. The molecular weight excluding hydrogens is 267 g/mol. The minimum absolute atomic E-state index is 0.287. The molecule has 1 aromatic heterocycles. The summed E-state index contributed by atoms with van der Waals surface area (Å²) >= 11 is 0. The van der Waals surface area contributed by atoms with Crippen LogP contribution in [0.15, 0.2) is 54.7 Å². The molecule has 0 amide bonds. The van der Waals surface area contributed by atoms with E-state index in [9.17, 15) is 4.39 Å². The highest BCUT2D eigenvalue weighted by atomic mass is 19.1. The number of fused-ring (bicyclic) bond motifs is 1. The Kier molecular flexibility index (Phi) is 3.79. The fourth-order valence-electron chi connectivity index (χ4n) is 2.28. The average Bonchev–Trinajstić information content (AvgIpc) is 2.50. The molecule has 3 nitrogen and oxygen atoms in total. The summed E-state index contributed by atoms with van der Waals surface area (Å²) < 4.78 is 19.3. The van der Waals surface area contributed by atoms with Crippen molar-refractivity contribution < 1.29 is 9.13 Å². The van der Waals surface area contributed by atoms with Crippen molar-refractivity contribution in [3.05, 3.63) is 66.1 Å². The molecular formula is C17H15FN2O. The van der Waals surface area contributed by atoms with Crippen LogP contribution in [-0.2, 0) is 6.42 Å². The second-order valence-electron chi connectivity index (χ2n) is 4.72. The van der Waals surface area contributed by atoms with Crippen LogP contribution in [0.25, 0.3) is 10.9 Å².